The first-order valence-electron chi connectivity index (χ1n) is 6.79. The molecule has 20 heavy (non-hydrogen) atoms. The molecule has 2 aromatic rings. The van der Waals surface area contributed by atoms with Crippen molar-refractivity contribution in [1.29, 1.82) is 5.26 Å². The van der Waals surface area contributed by atoms with Crippen LogP contribution in [-0.4, -0.2) is 5.97 Å². The van der Waals surface area contributed by atoms with E-state index in [4.69, 9.17) is 9.15 Å². The Balaban J connectivity index is 1.70. The van der Waals surface area contributed by atoms with E-state index in [1.807, 2.05) is 30.3 Å². The number of furan rings is 1. The van der Waals surface area contributed by atoms with Crippen molar-refractivity contribution in [3.63, 3.8) is 0 Å². The molecule has 1 heterocycles. The normalized spacial score (nSPS) is 16.9. The van der Waals surface area contributed by atoms with Gasteiger partial charge in [-0.3, -0.25) is 4.79 Å². The molecular weight excluding hydrogens is 254 g/mol. The number of carbonyl (C=O) groups is 1. The smallest absolute Gasteiger partial charge is 0.326 e. The number of hydrogen-bond donors (Lipinski definition) is 0. The van der Waals surface area contributed by atoms with Gasteiger partial charge in [-0.25, -0.2) is 0 Å². The van der Waals surface area contributed by atoms with Crippen LogP contribution in [0.4, 0.5) is 0 Å². The van der Waals surface area contributed by atoms with Crippen LogP contribution in [0.25, 0.3) is 11.0 Å². The summed E-state index contributed by atoms with van der Waals surface area (Å²) in [4.78, 5) is 12.1. The van der Waals surface area contributed by atoms with Crippen molar-refractivity contribution < 1.29 is 13.9 Å². The Morgan fingerprint density at radius 3 is 2.80 bits per heavy atom. The highest BCUT2D eigenvalue weighted by Gasteiger charge is 2.43. The van der Waals surface area contributed by atoms with E-state index >= 15 is 0 Å². The Morgan fingerprint density at radius 2 is 2.10 bits per heavy atom. The fourth-order valence-electron chi connectivity index (χ4n) is 2.72. The van der Waals surface area contributed by atoms with Crippen molar-refractivity contribution >= 4 is 16.9 Å². The number of para-hydroxylation sites is 1. The number of nitriles is 1. The minimum absolute atomic E-state index is 0.0803. The van der Waals surface area contributed by atoms with Crippen LogP contribution >= 0.6 is 0 Å². The molecule has 1 aliphatic rings. The molecule has 0 unspecified atom stereocenters. The van der Waals surface area contributed by atoms with Gasteiger partial charge < -0.3 is 9.15 Å². The van der Waals surface area contributed by atoms with Gasteiger partial charge in [0.2, 0.25) is 0 Å². The number of rotatable bonds is 3. The second-order valence-electron chi connectivity index (χ2n) is 5.23. The molecule has 1 aromatic carbocycles. The summed E-state index contributed by atoms with van der Waals surface area (Å²) in [5.41, 5.74) is -0.166. The summed E-state index contributed by atoms with van der Waals surface area (Å²) >= 11 is 0. The third kappa shape index (κ3) is 2.16. The lowest BCUT2D eigenvalue weighted by molar-refractivity contribution is -0.154. The van der Waals surface area contributed by atoms with Gasteiger partial charge in [-0.1, -0.05) is 31.0 Å². The molecule has 0 atom stereocenters. The Kier molecular flexibility index (Phi) is 3.19. The van der Waals surface area contributed by atoms with E-state index in [9.17, 15) is 10.1 Å². The first-order chi connectivity index (χ1) is 9.73. The molecule has 102 valence electrons. The maximum absolute atomic E-state index is 12.1. The molecule has 0 spiro atoms. The van der Waals surface area contributed by atoms with E-state index < -0.39 is 11.4 Å². The zero-order chi connectivity index (χ0) is 14.0. The number of nitrogens with zero attached hydrogens (tertiary/aromatic N) is 1. The standard InChI is InChI=1S/C16H15NO3/c17-11-16(7-3-4-8-16)15(18)19-10-13-9-12-5-1-2-6-14(12)20-13/h1-2,5-6,9H,3-4,7-8,10H2. The highest BCUT2D eigenvalue weighted by Crippen LogP contribution is 2.38. The largest absolute Gasteiger partial charge is 0.457 e. The van der Waals surface area contributed by atoms with Gasteiger partial charge in [0.05, 0.1) is 6.07 Å². The van der Waals surface area contributed by atoms with Gasteiger partial charge in [0.1, 0.15) is 18.0 Å². The quantitative estimate of drug-likeness (QED) is 0.799. The van der Waals surface area contributed by atoms with Gasteiger partial charge >= 0.3 is 5.97 Å². The molecule has 1 aromatic heterocycles. The number of fused-ring (bicyclic) bond motifs is 1. The fraction of sp³-hybridized carbons (Fsp3) is 0.375. The van der Waals surface area contributed by atoms with Gasteiger partial charge in [0.15, 0.2) is 5.41 Å². The first-order valence-corrected chi connectivity index (χ1v) is 6.79. The molecule has 0 bridgehead atoms. The van der Waals surface area contributed by atoms with E-state index in [1.54, 1.807) is 0 Å². The van der Waals surface area contributed by atoms with Crippen molar-refractivity contribution in [1.82, 2.24) is 0 Å². The molecule has 1 saturated carbocycles. The molecule has 4 heteroatoms. The van der Waals surface area contributed by atoms with Crippen LogP contribution in [0, 0.1) is 16.7 Å². The summed E-state index contributed by atoms with van der Waals surface area (Å²) in [6.45, 7) is 0.0803. The van der Waals surface area contributed by atoms with Gasteiger partial charge in [0, 0.05) is 5.39 Å². The summed E-state index contributed by atoms with van der Waals surface area (Å²) in [6, 6.07) is 11.6. The second kappa shape index (κ2) is 5.01. The van der Waals surface area contributed by atoms with Crippen LogP contribution < -0.4 is 0 Å². The monoisotopic (exact) mass is 269 g/mol. The van der Waals surface area contributed by atoms with Crippen LogP contribution in [-0.2, 0) is 16.1 Å². The molecule has 3 rings (SSSR count). The minimum atomic E-state index is -0.938. The van der Waals surface area contributed by atoms with Crippen LogP contribution in [0.15, 0.2) is 34.7 Å². The van der Waals surface area contributed by atoms with Crippen molar-refractivity contribution in [3.05, 3.63) is 36.1 Å². The molecule has 0 N–H and O–H groups in total. The zero-order valence-corrected chi connectivity index (χ0v) is 11.1. The molecule has 0 radical (unpaired) electrons. The maximum Gasteiger partial charge on any atom is 0.326 e. The Bertz CT molecular complexity index is 641. The number of ether oxygens (including phenoxy) is 1. The van der Waals surface area contributed by atoms with E-state index in [2.05, 4.69) is 6.07 Å². The van der Waals surface area contributed by atoms with Crippen molar-refractivity contribution in [2.45, 2.75) is 32.3 Å². The Morgan fingerprint density at radius 1 is 1.35 bits per heavy atom. The SMILES string of the molecule is N#CC1(C(=O)OCc2cc3ccccc3o2)CCCC1. The number of hydrogen-bond acceptors (Lipinski definition) is 4. The highest BCUT2D eigenvalue weighted by molar-refractivity contribution is 5.81. The van der Waals surface area contributed by atoms with Gasteiger partial charge in [-0.2, -0.15) is 5.26 Å². The third-order valence-corrected chi connectivity index (χ3v) is 3.88. The first kappa shape index (κ1) is 12.7. The predicted molar refractivity (Wildman–Crippen MR) is 72.5 cm³/mol. The lowest BCUT2D eigenvalue weighted by atomic mass is 9.88. The highest BCUT2D eigenvalue weighted by atomic mass is 16.5. The average molecular weight is 269 g/mol. The maximum atomic E-state index is 12.1. The summed E-state index contributed by atoms with van der Waals surface area (Å²) in [5.74, 6) is 0.184. The Hall–Kier alpha value is -2.28. The summed E-state index contributed by atoms with van der Waals surface area (Å²) in [7, 11) is 0. The fourth-order valence-corrected chi connectivity index (χ4v) is 2.72. The molecular formula is C16H15NO3. The molecule has 0 saturated heterocycles. The molecule has 4 nitrogen and oxygen atoms in total. The number of esters is 1. The summed E-state index contributed by atoms with van der Waals surface area (Å²) in [6.07, 6.45) is 3.02. The molecule has 1 fully saturated rings. The second-order valence-corrected chi connectivity index (χ2v) is 5.23. The van der Waals surface area contributed by atoms with E-state index in [0.29, 0.717) is 18.6 Å². The Labute approximate surface area is 116 Å². The summed E-state index contributed by atoms with van der Waals surface area (Å²) in [5, 5.41) is 10.2. The third-order valence-electron chi connectivity index (χ3n) is 3.88. The average Bonchev–Trinajstić information content (AvgIpc) is 3.11. The molecule has 0 aliphatic heterocycles. The zero-order valence-electron chi connectivity index (χ0n) is 11.1. The lowest BCUT2D eigenvalue weighted by Gasteiger charge is -2.17. The van der Waals surface area contributed by atoms with Crippen molar-refractivity contribution in [2.75, 3.05) is 0 Å². The van der Waals surface area contributed by atoms with E-state index in [0.717, 1.165) is 23.8 Å². The topological polar surface area (TPSA) is 63.2 Å². The van der Waals surface area contributed by atoms with Gasteiger partial charge in [-0.15, -0.1) is 0 Å². The van der Waals surface area contributed by atoms with Gasteiger partial charge in [-0.05, 0) is 25.0 Å². The predicted octanol–water partition coefficient (Wildman–Crippen LogP) is 3.56. The molecule has 0 amide bonds. The van der Waals surface area contributed by atoms with E-state index in [1.165, 1.54) is 0 Å². The lowest BCUT2D eigenvalue weighted by Crippen LogP contribution is -2.28. The molecule has 1 aliphatic carbocycles. The summed E-state index contributed by atoms with van der Waals surface area (Å²) < 4.78 is 10.9. The van der Waals surface area contributed by atoms with Crippen molar-refractivity contribution in [2.24, 2.45) is 5.41 Å². The minimum Gasteiger partial charge on any atom is -0.457 e. The van der Waals surface area contributed by atoms with Crippen LogP contribution in [0.5, 0.6) is 0 Å². The van der Waals surface area contributed by atoms with Gasteiger partial charge in [0.25, 0.3) is 0 Å². The van der Waals surface area contributed by atoms with Crippen molar-refractivity contribution in [3.8, 4) is 6.07 Å². The number of carbonyl (C=O) groups excluding carboxylic acids is 1. The van der Waals surface area contributed by atoms with E-state index in [-0.39, 0.29) is 6.61 Å². The number of benzene rings is 1. The van der Waals surface area contributed by atoms with Crippen LogP contribution in [0.3, 0.4) is 0 Å². The van der Waals surface area contributed by atoms with Crippen LogP contribution in [0.2, 0.25) is 0 Å². The van der Waals surface area contributed by atoms with Crippen LogP contribution in [0.1, 0.15) is 31.4 Å².